The number of ketones is 1. The summed E-state index contributed by atoms with van der Waals surface area (Å²) in [4.78, 5) is 28.0. The first-order valence-electron chi connectivity index (χ1n) is 12.3. The number of hydrogen-bond donors (Lipinski definition) is 2. The average molecular weight is 526 g/mol. The van der Waals surface area contributed by atoms with Crippen LogP contribution in [0.2, 0.25) is 0 Å². The lowest BCUT2D eigenvalue weighted by molar-refractivity contribution is -0.137. The van der Waals surface area contributed by atoms with E-state index in [0.29, 0.717) is 48.9 Å². The topological polar surface area (TPSA) is 96.5 Å². The predicted octanol–water partition coefficient (Wildman–Crippen LogP) is 3.30. The molecule has 2 aromatic carbocycles. The van der Waals surface area contributed by atoms with E-state index in [-0.39, 0.29) is 30.6 Å². The fourth-order valence-corrected chi connectivity index (χ4v) is 4.53. The van der Waals surface area contributed by atoms with Gasteiger partial charge in [-0.05, 0) is 60.6 Å². The van der Waals surface area contributed by atoms with E-state index < -0.39 is 17.3 Å². The van der Waals surface area contributed by atoms with Crippen LogP contribution >= 0.6 is 0 Å². The third-order valence-corrected chi connectivity index (χ3v) is 6.82. The van der Waals surface area contributed by atoms with E-state index in [4.69, 9.17) is 4.74 Å². The lowest BCUT2D eigenvalue weighted by Crippen LogP contribution is -2.51. The molecule has 0 saturated carbocycles. The van der Waals surface area contributed by atoms with E-state index in [1.54, 1.807) is 36.4 Å². The molecule has 198 valence electrons. The normalized spacial score (nSPS) is 19.6. The third kappa shape index (κ3) is 5.39. The SMILES string of the molecule is O=C(C1CNC1)N(c1ccc(O[C@]2(C(=O)Cc3ccc(C(F)(F)F)cc3)CCNC2)cc1)c1cccnn1. The smallest absolute Gasteiger partial charge is 0.416 e. The zero-order valence-corrected chi connectivity index (χ0v) is 20.4. The second-order valence-electron chi connectivity index (χ2n) is 9.42. The molecular formula is C27H26F3N5O3. The van der Waals surface area contributed by atoms with Crippen molar-refractivity contribution in [2.45, 2.75) is 24.6 Å². The van der Waals surface area contributed by atoms with Crippen molar-refractivity contribution in [1.82, 2.24) is 20.8 Å². The maximum absolute atomic E-state index is 13.3. The molecule has 8 nitrogen and oxygen atoms in total. The first-order valence-corrected chi connectivity index (χ1v) is 12.3. The predicted molar refractivity (Wildman–Crippen MR) is 133 cm³/mol. The number of hydrogen-bond acceptors (Lipinski definition) is 7. The number of carbonyl (C=O) groups excluding carboxylic acids is 2. The number of halogens is 3. The van der Waals surface area contributed by atoms with Gasteiger partial charge in [0.2, 0.25) is 5.91 Å². The summed E-state index contributed by atoms with van der Waals surface area (Å²) in [6, 6.07) is 14.8. The Kier molecular flexibility index (Phi) is 7.13. The molecule has 0 bridgehead atoms. The lowest BCUT2D eigenvalue weighted by atomic mass is 9.91. The van der Waals surface area contributed by atoms with Gasteiger partial charge < -0.3 is 15.4 Å². The lowest BCUT2D eigenvalue weighted by Gasteiger charge is -2.32. The van der Waals surface area contributed by atoms with E-state index in [1.165, 1.54) is 23.2 Å². The van der Waals surface area contributed by atoms with Gasteiger partial charge >= 0.3 is 6.18 Å². The molecular weight excluding hydrogens is 499 g/mol. The van der Waals surface area contributed by atoms with Crippen LogP contribution in [0.15, 0.2) is 66.9 Å². The number of nitrogens with one attached hydrogen (secondary N) is 2. The first-order chi connectivity index (χ1) is 18.2. The minimum absolute atomic E-state index is 0.0533. The molecule has 0 spiro atoms. The number of ether oxygens (including phenoxy) is 1. The summed E-state index contributed by atoms with van der Waals surface area (Å²) in [7, 11) is 0. The molecule has 38 heavy (non-hydrogen) atoms. The van der Waals surface area contributed by atoms with Crippen molar-refractivity contribution in [3.05, 3.63) is 78.0 Å². The number of aromatic nitrogens is 2. The number of anilines is 2. The summed E-state index contributed by atoms with van der Waals surface area (Å²) in [5.41, 5.74) is -0.839. The van der Waals surface area contributed by atoms with Gasteiger partial charge in [0.25, 0.3) is 0 Å². The molecule has 2 saturated heterocycles. The Morgan fingerprint density at radius 1 is 1.03 bits per heavy atom. The molecule has 2 N–H and O–H groups in total. The van der Waals surface area contributed by atoms with Gasteiger partial charge in [-0.2, -0.15) is 18.3 Å². The standard InChI is InChI=1S/C27H26F3N5O3/c28-27(29,30)20-5-3-18(4-6-20)14-23(36)26(11-13-31-17-26)38-22-9-7-21(8-10-22)35(24-2-1-12-33-34-24)25(37)19-15-32-16-19/h1-10,12,19,31-32H,11,13-17H2/t26-/m1/s1. The van der Waals surface area contributed by atoms with Gasteiger partial charge in [-0.15, -0.1) is 5.10 Å². The van der Waals surface area contributed by atoms with Gasteiger partial charge in [0.1, 0.15) is 5.75 Å². The zero-order valence-electron chi connectivity index (χ0n) is 20.4. The van der Waals surface area contributed by atoms with Crippen LogP contribution in [0.4, 0.5) is 24.7 Å². The number of Topliss-reactive ketones (excluding diaryl/α,β-unsaturated/α-hetero) is 1. The number of benzene rings is 2. The monoisotopic (exact) mass is 525 g/mol. The molecule has 2 fully saturated rings. The summed E-state index contributed by atoms with van der Waals surface area (Å²) in [5, 5.41) is 14.3. The van der Waals surface area contributed by atoms with Crippen molar-refractivity contribution in [3.63, 3.8) is 0 Å². The maximum Gasteiger partial charge on any atom is 0.416 e. The number of alkyl halides is 3. The molecule has 1 amide bonds. The molecule has 3 aromatic rings. The van der Waals surface area contributed by atoms with Gasteiger partial charge in [0, 0.05) is 38.7 Å². The van der Waals surface area contributed by atoms with E-state index in [9.17, 15) is 22.8 Å². The van der Waals surface area contributed by atoms with Gasteiger partial charge in [-0.3, -0.25) is 14.5 Å². The first kappa shape index (κ1) is 25.8. The van der Waals surface area contributed by atoms with E-state index >= 15 is 0 Å². The summed E-state index contributed by atoms with van der Waals surface area (Å²) >= 11 is 0. The molecule has 0 unspecified atom stereocenters. The Hall–Kier alpha value is -3.83. The van der Waals surface area contributed by atoms with Crippen molar-refractivity contribution in [2.75, 3.05) is 31.1 Å². The van der Waals surface area contributed by atoms with Crippen molar-refractivity contribution in [1.29, 1.82) is 0 Å². The van der Waals surface area contributed by atoms with Crippen LogP contribution in [-0.2, 0) is 22.2 Å². The fourth-order valence-electron chi connectivity index (χ4n) is 4.53. The zero-order chi connectivity index (χ0) is 26.8. The van der Waals surface area contributed by atoms with Crippen LogP contribution in [-0.4, -0.2) is 53.7 Å². The molecule has 1 atom stereocenters. The van der Waals surface area contributed by atoms with Gasteiger partial charge in [-0.25, -0.2) is 0 Å². The van der Waals surface area contributed by atoms with Crippen LogP contribution in [0.3, 0.4) is 0 Å². The van der Waals surface area contributed by atoms with Crippen molar-refractivity contribution in [3.8, 4) is 5.75 Å². The minimum atomic E-state index is -4.43. The molecule has 2 aliphatic heterocycles. The van der Waals surface area contributed by atoms with Crippen LogP contribution in [0.25, 0.3) is 0 Å². The van der Waals surface area contributed by atoms with Crippen LogP contribution < -0.4 is 20.3 Å². The van der Waals surface area contributed by atoms with E-state index in [0.717, 1.165) is 12.1 Å². The molecule has 2 aliphatic rings. The fraction of sp³-hybridized carbons (Fsp3) is 0.333. The quantitative estimate of drug-likeness (QED) is 0.466. The Balaban J connectivity index is 1.33. The molecule has 5 rings (SSSR count). The largest absolute Gasteiger partial charge is 0.478 e. The summed E-state index contributed by atoms with van der Waals surface area (Å²) in [5.74, 6) is 0.362. The Morgan fingerprint density at radius 3 is 2.32 bits per heavy atom. The van der Waals surface area contributed by atoms with Crippen LogP contribution in [0.5, 0.6) is 5.75 Å². The van der Waals surface area contributed by atoms with Crippen molar-refractivity contribution in [2.24, 2.45) is 5.92 Å². The number of rotatable bonds is 8. The minimum Gasteiger partial charge on any atom is -0.478 e. The number of amides is 1. The second kappa shape index (κ2) is 10.5. The Bertz CT molecular complexity index is 1270. The highest BCUT2D eigenvalue weighted by molar-refractivity contribution is 6.01. The highest BCUT2D eigenvalue weighted by atomic mass is 19.4. The van der Waals surface area contributed by atoms with Gasteiger partial charge in [-0.1, -0.05) is 12.1 Å². The third-order valence-electron chi connectivity index (χ3n) is 6.82. The van der Waals surface area contributed by atoms with Crippen LogP contribution in [0, 0.1) is 5.92 Å². The molecule has 3 heterocycles. The highest BCUT2D eigenvalue weighted by Gasteiger charge is 2.43. The molecule has 1 aromatic heterocycles. The van der Waals surface area contributed by atoms with Gasteiger partial charge in [0.05, 0.1) is 17.2 Å². The number of carbonyl (C=O) groups is 2. The van der Waals surface area contributed by atoms with Crippen molar-refractivity contribution >= 4 is 23.2 Å². The number of nitrogens with zero attached hydrogens (tertiary/aromatic N) is 3. The van der Waals surface area contributed by atoms with E-state index in [2.05, 4.69) is 20.8 Å². The van der Waals surface area contributed by atoms with Crippen LogP contribution in [0.1, 0.15) is 17.5 Å². The maximum atomic E-state index is 13.3. The molecule has 0 aliphatic carbocycles. The average Bonchev–Trinajstić information content (AvgIpc) is 3.34. The summed E-state index contributed by atoms with van der Waals surface area (Å²) in [6.07, 6.45) is -2.53. The molecule has 11 heteroatoms. The Morgan fingerprint density at radius 2 is 1.76 bits per heavy atom. The summed E-state index contributed by atoms with van der Waals surface area (Å²) in [6.45, 7) is 2.04. The summed E-state index contributed by atoms with van der Waals surface area (Å²) < 4.78 is 44.9. The second-order valence-corrected chi connectivity index (χ2v) is 9.42. The van der Waals surface area contributed by atoms with E-state index in [1.807, 2.05) is 0 Å². The highest BCUT2D eigenvalue weighted by Crippen LogP contribution is 2.32. The van der Waals surface area contributed by atoms with Gasteiger partial charge in [0.15, 0.2) is 17.2 Å². The Labute approximate surface area is 217 Å². The molecule has 0 radical (unpaired) electrons. The van der Waals surface area contributed by atoms with Crippen molar-refractivity contribution < 1.29 is 27.5 Å².